The quantitative estimate of drug-likeness (QED) is 0.865. The van der Waals surface area contributed by atoms with E-state index in [1.54, 1.807) is 12.4 Å². The molecule has 0 bridgehead atoms. The number of hydrogen-bond acceptors (Lipinski definition) is 2. The maximum absolute atomic E-state index is 12.9. The van der Waals surface area contributed by atoms with E-state index < -0.39 is 5.92 Å². The van der Waals surface area contributed by atoms with Crippen LogP contribution in [-0.4, -0.2) is 28.3 Å². The number of rotatable bonds is 4. The van der Waals surface area contributed by atoms with Crippen LogP contribution in [0.5, 0.6) is 0 Å². The highest BCUT2D eigenvalue weighted by atomic mass is 19.3. The van der Waals surface area contributed by atoms with Crippen molar-refractivity contribution >= 4 is 5.91 Å². The zero-order valence-corrected chi connectivity index (χ0v) is 10.1. The molecule has 1 aromatic heterocycles. The average molecular weight is 257 g/mol. The third-order valence-corrected chi connectivity index (χ3v) is 3.30. The fraction of sp³-hybridized carbons (Fsp3) is 0.667. The van der Waals surface area contributed by atoms with Crippen molar-refractivity contribution in [3.63, 3.8) is 0 Å². The maximum Gasteiger partial charge on any atom is 0.248 e. The van der Waals surface area contributed by atoms with Gasteiger partial charge in [-0.15, -0.1) is 0 Å². The van der Waals surface area contributed by atoms with E-state index in [-0.39, 0.29) is 37.5 Å². The van der Waals surface area contributed by atoms with Crippen LogP contribution in [-0.2, 0) is 11.2 Å². The molecule has 0 spiro atoms. The molecule has 0 atom stereocenters. The molecule has 1 saturated carbocycles. The van der Waals surface area contributed by atoms with Gasteiger partial charge in [0.2, 0.25) is 11.8 Å². The van der Waals surface area contributed by atoms with Crippen LogP contribution in [0.3, 0.4) is 0 Å². The second-order valence-electron chi connectivity index (χ2n) is 4.71. The molecule has 2 rings (SSSR count). The highest BCUT2D eigenvalue weighted by Gasteiger charge is 2.37. The van der Waals surface area contributed by atoms with Gasteiger partial charge >= 0.3 is 0 Å². The summed E-state index contributed by atoms with van der Waals surface area (Å²) in [6, 6.07) is 0. The van der Waals surface area contributed by atoms with Crippen molar-refractivity contribution in [2.24, 2.45) is 5.92 Å². The van der Waals surface area contributed by atoms with Gasteiger partial charge in [0.15, 0.2) is 0 Å². The lowest BCUT2D eigenvalue weighted by Crippen LogP contribution is -2.36. The second kappa shape index (κ2) is 5.46. The predicted octanol–water partition coefficient (Wildman–Crippen LogP) is 1.89. The number of alkyl halides is 2. The Bertz CT molecular complexity index is 382. The Morgan fingerprint density at radius 3 is 2.83 bits per heavy atom. The van der Waals surface area contributed by atoms with Crippen LogP contribution in [0.1, 0.15) is 31.5 Å². The number of aromatic nitrogens is 2. The van der Waals surface area contributed by atoms with Crippen molar-refractivity contribution in [3.05, 3.63) is 18.2 Å². The van der Waals surface area contributed by atoms with Crippen molar-refractivity contribution in [1.29, 1.82) is 0 Å². The minimum atomic E-state index is -2.58. The number of amides is 1. The number of carbonyl (C=O) groups is 1. The van der Waals surface area contributed by atoms with Gasteiger partial charge in [0, 0.05) is 44.1 Å². The zero-order valence-electron chi connectivity index (χ0n) is 10.1. The highest BCUT2D eigenvalue weighted by molar-refractivity contribution is 5.78. The van der Waals surface area contributed by atoms with E-state index in [0.717, 1.165) is 5.82 Å². The lowest BCUT2D eigenvalue weighted by molar-refractivity contribution is -0.129. The number of aromatic amines is 1. The summed E-state index contributed by atoms with van der Waals surface area (Å²) in [6.45, 7) is 0.485. The number of nitrogens with one attached hydrogen (secondary N) is 2. The molecule has 0 saturated heterocycles. The number of H-pyrrole nitrogens is 1. The summed E-state index contributed by atoms with van der Waals surface area (Å²) in [7, 11) is 0. The van der Waals surface area contributed by atoms with Gasteiger partial charge in [-0.2, -0.15) is 0 Å². The normalized spacial score (nSPS) is 19.7. The minimum Gasteiger partial charge on any atom is -0.355 e. The summed E-state index contributed by atoms with van der Waals surface area (Å²) in [4.78, 5) is 18.7. The topological polar surface area (TPSA) is 57.8 Å². The second-order valence-corrected chi connectivity index (χ2v) is 4.71. The molecular weight excluding hydrogens is 240 g/mol. The van der Waals surface area contributed by atoms with Crippen LogP contribution < -0.4 is 5.32 Å². The summed E-state index contributed by atoms with van der Waals surface area (Å²) in [5.41, 5.74) is 0. The van der Waals surface area contributed by atoms with E-state index in [0.29, 0.717) is 13.0 Å². The third-order valence-electron chi connectivity index (χ3n) is 3.30. The van der Waals surface area contributed by atoms with E-state index in [2.05, 4.69) is 15.3 Å². The number of imidazole rings is 1. The molecule has 100 valence electrons. The monoisotopic (exact) mass is 257 g/mol. The Kier molecular flexibility index (Phi) is 3.93. The molecule has 1 amide bonds. The molecular formula is C12H17F2N3O. The highest BCUT2D eigenvalue weighted by Crippen LogP contribution is 2.36. The summed E-state index contributed by atoms with van der Waals surface area (Å²) in [5, 5.41) is 2.77. The van der Waals surface area contributed by atoms with Gasteiger partial charge in [0.1, 0.15) is 5.82 Å². The van der Waals surface area contributed by atoms with Crippen LogP contribution in [0.2, 0.25) is 0 Å². The van der Waals surface area contributed by atoms with Crippen LogP contribution >= 0.6 is 0 Å². The van der Waals surface area contributed by atoms with Crippen molar-refractivity contribution in [1.82, 2.24) is 15.3 Å². The van der Waals surface area contributed by atoms with Crippen LogP contribution in [0.15, 0.2) is 12.4 Å². The first kappa shape index (κ1) is 13.0. The molecule has 18 heavy (non-hydrogen) atoms. The molecule has 1 fully saturated rings. The SMILES string of the molecule is O=C(NCCc1ncc[nH]1)C1CCC(F)(F)CC1. The Balaban J connectivity index is 1.69. The molecule has 1 aliphatic carbocycles. The van der Waals surface area contributed by atoms with Crippen molar-refractivity contribution in [2.75, 3.05) is 6.54 Å². The van der Waals surface area contributed by atoms with E-state index in [4.69, 9.17) is 0 Å². The first-order chi connectivity index (χ1) is 8.57. The Morgan fingerprint density at radius 1 is 1.50 bits per heavy atom. The van der Waals surface area contributed by atoms with Crippen LogP contribution in [0.4, 0.5) is 8.78 Å². The standard InChI is InChI=1S/C12H17F2N3O/c13-12(14)4-1-9(2-5-12)11(18)17-6-3-10-15-7-8-16-10/h7-9H,1-6H2,(H,15,16)(H,17,18). The first-order valence-corrected chi connectivity index (χ1v) is 6.21. The number of nitrogens with zero attached hydrogens (tertiary/aromatic N) is 1. The molecule has 0 aliphatic heterocycles. The molecule has 1 aromatic rings. The maximum atomic E-state index is 12.9. The van der Waals surface area contributed by atoms with E-state index >= 15 is 0 Å². The largest absolute Gasteiger partial charge is 0.355 e. The molecule has 1 heterocycles. The molecule has 0 radical (unpaired) electrons. The van der Waals surface area contributed by atoms with Crippen molar-refractivity contribution in [3.8, 4) is 0 Å². The van der Waals surface area contributed by atoms with Crippen LogP contribution in [0.25, 0.3) is 0 Å². The zero-order chi connectivity index (χ0) is 13.0. The average Bonchev–Trinajstić information content (AvgIpc) is 2.82. The first-order valence-electron chi connectivity index (χ1n) is 6.21. The van der Waals surface area contributed by atoms with Gasteiger partial charge in [-0.05, 0) is 12.8 Å². The fourth-order valence-electron chi connectivity index (χ4n) is 2.19. The van der Waals surface area contributed by atoms with Crippen molar-refractivity contribution < 1.29 is 13.6 Å². The molecule has 2 N–H and O–H groups in total. The van der Waals surface area contributed by atoms with Gasteiger partial charge < -0.3 is 10.3 Å². The molecule has 1 aliphatic rings. The summed E-state index contributed by atoms with van der Waals surface area (Å²) in [6.07, 6.45) is 4.20. The third kappa shape index (κ3) is 3.51. The molecule has 4 nitrogen and oxygen atoms in total. The number of hydrogen-bond donors (Lipinski definition) is 2. The van der Waals surface area contributed by atoms with Gasteiger partial charge in [0.05, 0.1) is 0 Å². The van der Waals surface area contributed by atoms with Gasteiger partial charge in [-0.3, -0.25) is 4.79 Å². The Hall–Kier alpha value is -1.46. The number of carbonyl (C=O) groups excluding carboxylic acids is 1. The van der Waals surface area contributed by atoms with Crippen LogP contribution in [0, 0.1) is 5.92 Å². The smallest absolute Gasteiger partial charge is 0.248 e. The van der Waals surface area contributed by atoms with E-state index in [9.17, 15) is 13.6 Å². The van der Waals surface area contributed by atoms with E-state index in [1.807, 2.05) is 0 Å². The molecule has 0 unspecified atom stereocenters. The molecule has 0 aromatic carbocycles. The number of halogens is 2. The fourth-order valence-corrected chi connectivity index (χ4v) is 2.19. The minimum absolute atomic E-state index is 0.114. The Morgan fingerprint density at radius 2 is 2.22 bits per heavy atom. The molecule has 6 heteroatoms. The summed E-state index contributed by atoms with van der Waals surface area (Å²) < 4.78 is 25.9. The van der Waals surface area contributed by atoms with E-state index in [1.165, 1.54) is 0 Å². The lowest BCUT2D eigenvalue weighted by atomic mass is 9.86. The van der Waals surface area contributed by atoms with Crippen molar-refractivity contribution in [2.45, 2.75) is 38.0 Å². The van der Waals surface area contributed by atoms with Gasteiger partial charge in [-0.25, -0.2) is 13.8 Å². The van der Waals surface area contributed by atoms with Gasteiger partial charge in [0.25, 0.3) is 0 Å². The van der Waals surface area contributed by atoms with Gasteiger partial charge in [-0.1, -0.05) is 0 Å². The summed E-state index contributed by atoms with van der Waals surface area (Å²) >= 11 is 0. The predicted molar refractivity (Wildman–Crippen MR) is 62.2 cm³/mol. The lowest BCUT2D eigenvalue weighted by Gasteiger charge is -2.27. The summed E-state index contributed by atoms with van der Waals surface area (Å²) in [5.74, 6) is -2.14. The Labute approximate surface area is 104 Å².